The molecule has 0 saturated carbocycles. The van der Waals surface area contributed by atoms with Crippen LogP contribution in [0.4, 0.5) is 0 Å². The van der Waals surface area contributed by atoms with Gasteiger partial charge in [0, 0.05) is 60.6 Å². The summed E-state index contributed by atoms with van der Waals surface area (Å²) < 4.78 is 21.8. The van der Waals surface area contributed by atoms with Crippen molar-refractivity contribution in [3.05, 3.63) is 152 Å². The van der Waals surface area contributed by atoms with Crippen LogP contribution in [0.5, 0.6) is 0 Å². The van der Waals surface area contributed by atoms with Gasteiger partial charge in [-0.2, -0.15) is 4.98 Å². The van der Waals surface area contributed by atoms with Crippen molar-refractivity contribution >= 4 is 87.8 Å². The first kappa shape index (κ1) is 27.6. The summed E-state index contributed by atoms with van der Waals surface area (Å²) in [6.45, 7) is 0. The smallest absolute Gasteiger partial charge is 0.231 e. The Labute approximate surface area is 294 Å². The third-order valence-electron chi connectivity index (χ3n) is 10.4. The molecule has 0 amide bonds. The number of benzene rings is 7. The molecule has 0 unspecified atom stereocenters. The maximum absolute atomic E-state index is 6.82. The van der Waals surface area contributed by atoms with E-state index in [1.54, 1.807) is 0 Å². The van der Waals surface area contributed by atoms with E-state index in [1.807, 2.05) is 66.7 Å². The van der Waals surface area contributed by atoms with Gasteiger partial charge in [-0.25, -0.2) is 4.98 Å². The summed E-state index contributed by atoms with van der Waals surface area (Å²) in [6.07, 6.45) is 0. The van der Waals surface area contributed by atoms with Gasteiger partial charge in [0.2, 0.25) is 5.71 Å². The average Bonchev–Trinajstić information content (AvgIpc) is 3.95. The van der Waals surface area contributed by atoms with E-state index in [1.165, 1.54) is 0 Å². The molecule has 0 atom stereocenters. The Morgan fingerprint density at radius 2 is 1.00 bits per heavy atom. The molecule has 6 nitrogen and oxygen atoms in total. The fourth-order valence-electron chi connectivity index (χ4n) is 8.24. The zero-order valence-corrected chi connectivity index (χ0v) is 27.5. The van der Waals surface area contributed by atoms with E-state index in [0.717, 1.165) is 105 Å². The molecule has 5 heterocycles. The van der Waals surface area contributed by atoms with Crippen LogP contribution < -0.4 is 0 Å². The van der Waals surface area contributed by atoms with Gasteiger partial charge in [0.15, 0.2) is 5.82 Å². The Morgan fingerprint density at radius 1 is 0.385 bits per heavy atom. The van der Waals surface area contributed by atoms with Gasteiger partial charge in [0.25, 0.3) is 0 Å². The molecule has 12 aromatic rings. The summed E-state index contributed by atoms with van der Waals surface area (Å²) in [4.78, 5) is 10.7. The van der Waals surface area contributed by atoms with E-state index in [0.29, 0.717) is 11.5 Å². The van der Waals surface area contributed by atoms with Crippen LogP contribution >= 0.6 is 0 Å². The Hall–Kier alpha value is -7.18. The summed E-state index contributed by atoms with van der Waals surface area (Å²) in [5, 5.41) is 8.14. The van der Waals surface area contributed by atoms with Crippen molar-refractivity contribution < 1.29 is 13.3 Å². The molecule has 0 aliphatic carbocycles. The third kappa shape index (κ3) is 3.72. The van der Waals surface area contributed by atoms with Crippen LogP contribution in [0.15, 0.2) is 165 Å². The number of fused-ring (bicyclic) bond motifs is 12. The van der Waals surface area contributed by atoms with Crippen molar-refractivity contribution in [2.24, 2.45) is 0 Å². The van der Waals surface area contributed by atoms with Crippen LogP contribution in [0.25, 0.3) is 116 Å². The van der Waals surface area contributed by atoms with Crippen LogP contribution in [-0.2, 0) is 0 Å². The minimum Gasteiger partial charge on any atom is -0.456 e. The van der Waals surface area contributed by atoms with Crippen LogP contribution in [0, 0.1) is 0 Å². The molecule has 52 heavy (non-hydrogen) atoms. The topological polar surface area (TPSA) is 70.1 Å². The molecular weight excluding hydrogens is 643 g/mol. The fraction of sp³-hybridized carbons (Fsp3) is 0. The standard InChI is InChI=1S/C46H25N3O3/c1-2-12-26(13-3-1)49-34-19-7-4-14-27(34)32-24-33-40(25-35(32)49)52-46-43(33)44(30-17-10-22-38-41(30)28-15-5-8-20-36(28)50-38)47-45(48-46)31-18-11-23-39-42(31)29-16-6-9-21-37(29)51-39/h1-25H. The fourth-order valence-corrected chi connectivity index (χ4v) is 8.24. The van der Waals surface area contributed by atoms with E-state index >= 15 is 0 Å². The quantitative estimate of drug-likeness (QED) is 0.188. The van der Waals surface area contributed by atoms with Gasteiger partial charge in [-0.05, 0) is 48.5 Å². The third-order valence-corrected chi connectivity index (χ3v) is 10.4. The van der Waals surface area contributed by atoms with Crippen LogP contribution in [-0.4, -0.2) is 14.5 Å². The van der Waals surface area contributed by atoms with E-state index in [9.17, 15) is 0 Å². The summed E-state index contributed by atoms with van der Waals surface area (Å²) in [5.41, 5.74) is 10.4. The molecule has 7 aromatic carbocycles. The molecule has 0 aliphatic heterocycles. The van der Waals surface area contributed by atoms with Crippen molar-refractivity contribution in [2.75, 3.05) is 0 Å². The Bertz CT molecular complexity index is 3420. The average molecular weight is 668 g/mol. The van der Waals surface area contributed by atoms with Gasteiger partial charge in [0.05, 0.1) is 22.1 Å². The molecule has 0 bridgehead atoms. The monoisotopic (exact) mass is 667 g/mol. The largest absolute Gasteiger partial charge is 0.456 e. The first-order valence-corrected chi connectivity index (χ1v) is 17.3. The second kappa shape index (κ2) is 10.2. The van der Waals surface area contributed by atoms with Crippen molar-refractivity contribution in [2.45, 2.75) is 0 Å². The number of rotatable bonds is 3. The zero-order valence-electron chi connectivity index (χ0n) is 27.5. The van der Waals surface area contributed by atoms with Crippen LogP contribution in [0.2, 0.25) is 0 Å². The molecule has 0 spiro atoms. The van der Waals surface area contributed by atoms with Crippen LogP contribution in [0.3, 0.4) is 0 Å². The predicted molar refractivity (Wildman–Crippen MR) is 209 cm³/mol. The molecule has 0 radical (unpaired) electrons. The van der Waals surface area contributed by atoms with Gasteiger partial charge in [-0.1, -0.05) is 97.1 Å². The zero-order chi connectivity index (χ0) is 33.9. The van der Waals surface area contributed by atoms with Crippen molar-refractivity contribution in [3.8, 4) is 28.3 Å². The molecule has 6 heteroatoms. The second-order valence-electron chi connectivity index (χ2n) is 13.3. The minimum atomic E-state index is 0.521. The summed E-state index contributed by atoms with van der Waals surface area (Å²) in [7, 11) is 0. The van der Waals surface area contributed by atoms with Crippen molar-refractivity contribution in [1.82, 2.24) is 14.5 Å². The summed E-state index contributed by atoms with van der Waals surface area (Å²) >= 11 is 0. The SMILES string of the molecule is c1ccc(-n2c3ccccc3c3cc4c(cc32)oc2nc(-c3cccc5oc6ccccc6c35)nc(-c3cccc5oc6ccccc6c35)c24)cc1. The number of furan rings is 3. The Kier molecular flexibility index (Phi) is 5.41. The lowest BCUT2D eigenvalue weighted by Crippen LogP contribution is -1.95. The van der Waals surface area contributed by atoms with Gasteiger partial charge < -0.3 is 17.8 Å². The molecule has 0 N–H and O–H groups in total. The second-order valence-corrected chi connectivity index (χ2v) is 13.3. The predicted octanol–water partition coefficient (Wildman–Crippen LogP) is 12.6. The number of para-hydroxylation sites is 4. The minimum absolute atomic E-state index is 0.521. The molecular formula is C46H25N3O3. The molecule has 12 rings (SSSR count). The lowest BCUT2D eigenvalue weighted by molar-refractivity contribution is 0.654. The highest BCUT2D eigenvalue weighted by molar-refractivity contribution is 6.22. The van der Waals surface area contributed by atoms with Gasteiger partial charge >= 0.3 is 0 Å². The van der Waals surface area contributed by atoms with E-state index in [-0.39, 0.29) is 0 Å². The number of nitrogens with zero attached hydrogens (tertiary/aromatic N) is 3. The number of hydrogen-bond donors (Lipinski definition) is 0. The normalized spacial score (nSPS) is 12.2. The lowest BCUT2D eigenvalue weighted by Gasteiger charge is -2.09. The maximum atomic E-state index is 6.82. The highest BCUT2D eigenvalue weighted by atomic mass is 16.3. The molecule has 0 aliphatic rings. The summed E-state index contributed by atoms with van der Waals surface area (Å²) in [6, 6.07) is 51.9. The number of aromatic nitrogens is 3. The van der Waals surface area contributed by atoms with Gasteiger partial charge in [-0.15, -0.1) is 0 Å². The van der Waals surface area contributed by atoms with Crippen molar-refractivity contribution in [3.63, 3.8) is 0 Å². The molecule has 5 aromatic heterocycles. The van der Waals surface area contributed by atoms with E-state index in [2.05, 4.69) is 89.5 Å². The Balaban J connectivity index is 1.24. The Morgan fingerprint density at radius 3 is 1.75 bits per heavy atom. The van der Waals surface area contributed by atoms with E-state index in [4.69, 9.17) is 23.2 Å². The highest BCUT2D eigenvalue weighted by Gasteiger charge is 2.25. The first-order chi connectivity index (χ1) is 25.8. The highest BCUT2D eigenvalue weighted by Crippen LogP contribution is 2.45. The molecule has 0 fully saturated rings. The van der Waals surface area contributed by atoms with E-state index < -0.39 is 0 Å². The number of hydrogen-bond acceptors (Lipinski definition) is 5. The molecule has 242 valence electrons. The van der Waals surface area contributed by atoms with Gasteiger partial charge in [0.1, 0.15) is 27.9 Å². The van der Waals surface area contributed by atoms with Crippen LogP contribution in [0.1, 0.15) is 0 Å². The maximum Gasteiger partial charge on any atom is 0.231 e. The summed E-state index contributed by atoms with van der Waals surface area (Å²) in [5.74, 6) is 0.562. The molecule has 0 saturated heterocycles. The first-order valence-electron chi connectivity index (χ1n) is 17.3. The lowest BCUT2D eigenvalue weighted by atomic mass is 9.99. The van der Waals surface area contributed by atoms with Crippen molar-refractivity contribution in [1.29, 1.82) is 0 Å². The van der Waals surface area contributed by atoms with Gasteiger partial charge in [-0.3, -0.25) is 0 Å².